The molecule has 0 bridgehead atoms. The molecular formula is C28H18F3N5O4S. The fourth-order valence-electron chi connectivity index (χ4n) is 4.67. The van der Waals surface area contributed by atoms with Crippen molar-refractivity contribution < 1.29 is 27.9 Å². The van der Waals surface area contributed by atoms with Crippen molar-refractivity contribution in [1.29, 1.82) is 0 Å². The quantitative estimate of drug-likeness (QED) is 0.278. The lowest BCUT2D eigenvalue weighted by molar-refractivity contribution is -0.139. The highest BCUT2D eigenvalue weighted by molar-refractivity contribution is 7.15. The summed E-state index contributed by atoms with van der Waals surface area (Å²) in [4.78, 5) is 41.8. The number of carboxylic acids is 1. The van der Waals surface area contributed by atoms with E-state index in [1.807, 2.05) is 36.4 Å². The van der Waals surface area contributed by atoms with Crippen molar-refractivity contribution in [1.82, 2.24) is 19.7 Å². The normalized spacial score (nSPS) is 16.5. The van der Waals surface area contributed by atoms with Crippen LogP contribution in [0.1, 0.15) is 33.3 Å². The smallest absolute Gasteiger partial charge is 0.445 e. The second kappa shape index (κ2) is 9.93. The molecule has 3 heterocycles. The zero-order valence-electron chi connectivity index (χ0n) is 20.8. The van der Waals surface area contributed by atoms with Crippen LogP contribution in [0.15, 0.2) is 77.9 Å². The number of benzene rings is 2. The maximum atomic E-state index is 13.2. The third-order valence-electron chi connectivity index (χ3n) is 6.80. The lowest BCUT2D eigenvalue weighted by Gasteiger charge is -2.14. The SMILES string of the molecule is O=C(Nc1nnc(C(F)(F)F)s1)c1cn(-c2cccc(-c3ccc([C@@H]4C[C@H]4C(=O)O)cc3)c2)c2ncccc2c1=O. The molecule has 0 radical (unpaired) electrons. The Morgan fingerprint density at radius 3 is 2.49 bits per heavy atom. The van der Waals surface area contributed by atoms with Crippen LogP contribution in [0.2, 0.25) is 0 Å². The molecule has 0 saturated heterocycles. The predicted molar refractivity (Wildman–Crippen MR) is 144 cm³/mol. The van der Waals surface area contributed by atoms with Crippen LogP contribution in [0, 0.1) is 5.92 Å². The minimum Gasteiger partial charge on any atom is -0.481 e. The van der Waals surface area contributed by atoms with E-state index in [2.05, 4.69) is 20.5 Å². The van der Waals surface area contributed by atoms with Crippen molar-refractivity contribution in [3.8, 4) is 16.8 Å². The molecule has 1 saturated carbocycles. The van der Waals surface area contributed by atoms with E-state index in [4.69, 9.17) is 0 Å². The summed E-state index contributed by atoms with van der Waals surface area (Å²) >= 11 is 0.151. The van der Waals surface area contributed by atoms with Gasteiger partial charge in [0, 0.05) is 18.1 Å². The van der Waals surface area contributed by atoms with Gasteiger partial charge in [-0.15, -0.1) is 10.2 Å². The first-order valence-corrected chi connectivity index (χ1v) is 13.1. The van der Waals surface area contributed by atoms with Gasteiger partial charge in [-0.3, -0.25) is 19.7 Å². The van der Waals surface area contributed by atoms with E-state index in [9.17, 15) is 32.7 Å². The monoisotopic (exact) mass is 577 g/mol. The molecule has 2 atom stereocenters. The third-order valence-corrected chi connectivity index (χ3v) is 7.68. The van der Waals surface area contributed by atoms with Crippen molar-refractivity contribution >= 4 is 39.4 Å². The average molecular weight is 578 g/mol. The molecular weight excluding hydrogens is 559 g/mol. The Hall–Kier alpha value is -4.91. The summed E-state index contributed by atoms with van der Waals surface area (Å²) < 4.78 is 40.3. The van der Waals surface area contributed by atoms with Gasteiger partial charge in [-0.05, 0) is 53.3 Å². The van der Waals surface area contributed by atoms with Crippen LogP contribution in [-0.2, 0) is 11.0 Å². The first-order valence-electron chi connectivity index (χ1n) is 12.3. The number of aromatic nitrogens is 4. The summed E-state index contributed by atoms with van der Waals surface area (Å²) in [6.45, 7) is 0. The summed E-state index contributed by atoms with van der Waals surface area (Å²) in [7, 11) is 0. The first-order chi connectivity index (χ1) is 19.6. The molecule has 2 N–H and O–H groups in total. The number of carboxylic acid groups (broad SMARTS) is 1. The van der Waals surface area contributed by atoms with Crippen LogP contribution in [0.3, 0.4) is 0 Å². The Morgan fingerprint density at radius 1 is 1.02 bits per heavy atom. The minimum absolute atomic E-state index is 0.0104. The van der Waals surface area contributed by atoms with E-state index in [1.54, 1.807) is 22.8 Å². The van der Waals surface area contributed by atoms with E-state index in [0.29, 0.717) is 12.1 Å². The Labute approximate surface area is 232 Å². The Balaban J connectivity index is 1.35. The van der Waals surface area contributed by atoms with Crippen LogP contribution in [0.5, 0.6) is 0 Å². The second-order valence-electron chi connectivity index (χ2n) is 9.44. The maximum Gasteiger partial charge on any atom is 0.445 e. The highest BCUT2D eigenvalue weighted by Crippen LogP contribution is 2.47. The van der Waals surface area contributed by atoms with Crippen LogP contribution < -0.4 is 10.7 Å². The molecule has 1 aliphatic carbocycles. The molecule has 0 spiro atoms. The van der Waals surface area contributed by atoms with Gasteiger partial charge < -0.3 is 9.67 Å². The largest absolute Gasteiger partial charge is 0.481 e. The third kappa shape index (κ3) is 5.07. The van der Waals surface area contributed by atoms with E-state index in [1.165, 1.54) is 18.5 Å². The predicted octanol–water partition coefficient (Wildman–Crippen LogP) is 5.36. The number of carbonyl (C=O) groups is 2. The van der Waals surface area contributed by atoms with Gasteiger partial charge in [-0.1, -0.05) is 47.7 Å². The number of anilines is 1. The fourth-order valence-corrected chi connectivity index (χ4v) is 5.27. The number of amides is 1. The Bertz CT molecular complexity index is 1880. The van der Waals surface area contributed by atoms with Crippen molar-refractivity contribution in [3.05, 3.63) is 99.4 Å². The van der Waals surface area contributed by atoms with E-state index in [0.717, 1.165) is 16.7 Å². The molecule has 1 aliphatic rings. The number of halogens is 3. The van der Waals surface area contributed by atoms with Crippen LogP contribution in [0.4, 0.5) is 18.3 Å². The molecule has 206 valence electrons. The zero-order valence-corrected chi connectivity index (χ0v) is 21.6. The number of fused-ring (bicyclic) bond motifs is 1. The number of pyridine rings is 2. The molecule has 13 heteroatoms. The van der Waals surface area contributed by atoms with Gasteiger partial charge in [0.15, 0.2) is 0 Å². The van der Waals surface area contributed by atoms with Gasteiger partial charge in [0.05, 0.1) is 11.3 Å². The fraction of sp³-hybridized carbons (Fsp3) is 0.143. The number of hydrogen-bond donors (Lipinski definition) is 2. The van der Waals surface area contributed by atoms with E-state index >= 15 is 0 Å². The second-order valence-corrected chi connectivity index (χ2v) is 10.4. The molecule has 9 nitrogen and oxygen atoms in total. The average Bonchev–Trinajstić information content (AvgIpc) is 3.63. The number of carbonyl (C=O) groups excluding carboxylic acids is 1. The lowest BCUT2D eigenvalue weighted by Crippen LogP contribution is -2.24. The van der Waals surface area contributed by atoms with Crippen molar-refractivity contribution in [2.24, 2.45) is 5.92 Å². The number of nitrogens with zero attached hydrogens (tertiary/aromatic N) is 4. The number of alkyl halides is 3. The van der Waals surface area contributed by atoms with Gasteiger partial charge in [0.1, 0.15) is 11.2 Å². The van der Waals surface area contributed by atoms with Crippen LogP contribution in [-0.4, -0.2) is 36.7 Å². The molecule has 1 fully saturated rings. The molecule has 41 heavy (non-hydrogen) atoms. The summed E-state index contributed by atoms with van der Waals surface area (Å²) in [5, 5.41) is 16.4. The van der Waals surface area contributed by atoms with Gasteiger partial charge in [-0.2, -0.15) is 13.2 Å². The van der Waals surface area contributed by atoms with Crippen LogP contribution in [0.25, 0.3) is 27.8 Å². The summed E-state index contributed by atoms with van der Waals surface area (Å²) in [6, 6.07) is 18.0. The number of aliphatic carboxylic acids is 1. The number of hydrogen-bond acceptors (Lipinski definition) is 7. The van der Waals surface area contributed by atoms with E-state index in [-0.39, 0.29) is 39.8 Å². The van der Waals surface area contributed by atoms with Gasteiger partial charge >= 0.3 is 12.1 Å². The molecule has 0 unspecified atom stereocenters. The molecule has 6 rings (SSSR count). The van der Waals surface area contributed by atoms with E-state index < -0.39 is 33.6 Å². The van der Waals surface area contributed by atoms with Crippen molar-refractivity contribution in [2.45, 2.75) is 18.5 Å². The lowest BCUT2D eigenvalue weighted by atomic mass is 10.0. The van der Waals surface area contributed by atoms with Crippen LogP contribution >= 0.6 is 11.3 Å². The number of rotatable bonds is 6. The van der Waals surface area contributed by atoms with Gasteiger partial charge in [0.25, 0.3) is 5.91 Å². The summed E-state index contributed by atoms with van der Waals surface area (Å²) in [5.74, 6) is -2.08. The highest BCUT2D eigenvalue weighted by atomic mass is 32.1. The topological polar surface area (TPSA) is 127 Å². The van der Waals surface area contributed by atoms with Crippen molar-refractivity contribution in [3.63, 3.8) is 0 Å². The zero-order chi connectivity index (χ0) is 28.9. The molecule has 3 aromatic heterocycles. The minimum atomic E-state index is -4.72. The number of nitrogens with one attached hydrogen (secondary N) is 1. The Kier molecular flexibility index (Phi) is 6.37. The molecule has 1 amide bonds. The van der Waals surface area contributed by atoms with Gasteiger partial charge in [0.2, 0.25) is 15.6 Å². The molecule has 5 aromatic rings. The summed E-state index contributed by atoms with van der Waals surface area (Å²) in [6.07, 6.45) is -1.30. The maximum absolute atomic E-state index is 13.2. The Morgan fingerprint density at radius 2 is 1.80 bits per heavy atom. The standard InChI is InChI=1S/C28H18F3N5O4S/c29-28(30,31)26-34-35-27(41-26)33-24(38)21-13-36(23-18(22(21)37)5-2-10-32-23)17-4-1-3-16(11-17)14-6-8-15(9-7-14)19-12-20(19)25(39)40/h1-11,13,19-20H,12H2,(H,39,40)(H,33,35,38)/t19-,20+/m0/s1. The highest BCUT2D eigenvalue weighted by Gasteiger charge is 2.44. The molecule has 0 aliphatic heterocycles. The molecule has 2 aromatic carbocycles. The van der Waals surface area contributed by atoms with Crippen molar-refractivity contribution in [2.75, 3.05) is 5.32 Å². The summed E-state index contributed by atoms with van der Waals surface area (Å²) in [5.41, 5.74) is 2.55. The van der Waals surface area contributed by atoms with Gasteiger partial charge in [-0.25, -0.2) is 4.98 Å². The first kappa shape index (κ1) is 26.3.